The normalized spacial score (nSPS) is 10.6. The fraction of sp³-hybridized carbons (Fsp3) is 0.125. The first-order valence-corrected chi connectivity index (χ1v) is 6.51. The van der Waals surface area contributed by atoms with E-state index in [0.29, 0.717) is 23.5 Å². The molecule has 0 spiro atoms. The molecule has 0 saturated heterocycles. The third kappa shape index (κ3) is 4.14. The van der Waals surface area contributed by atoms with Crippen molar-refractivity contribution in [2.24, 2.45) is 5.10 Å². The van der Waals surface area contributed by atoms with Crippen LogP contribution < -0.4 is 10.2 Å². The minimum Gasteiger partial charge on any atom is -0.493 e. The molecule has 1 N–H and O–H groups in total. The van der Waals surface area contributed by atoms with E-state index in [4.69, 9.17) is 4.74 Å². The fourth-order valence-corrected chi connectivity index (χ4v) is 1.71. The summed E-state index contributed by atoms with van der Waals surface area (Å²) >= 11 is 0. The maximum absolute atomic E-state index is 12.7. The number of ether oxygens (including phenoxy) is 1. The first kappa shape index (κ1) is 14.7. The molecule has 108 valence electrons. The van der Waals surface area contributed by atoms with Crippen LogP contribution in [0.3, 0.4) is 0 Å². The molecule has 0 heterocycles. The summed E-state index contributed by atoms with van der Waals surface area (Å²) < 4.78 is 18.1. The van der Waals surface area contributed by atoms with E-state index in [1.807, 2.05) is 6.92 Å². The second-order valence-corrected chi connectivity index (χ2v) is 4.18. The van der Waals surface area contributed by atoms with Gasteiger partial charge >= 0.3 is 0 Å². The highest BCUT2D eigenvalue weighted by atomic mass is 19.1. The van der Waals surface area contributed by atoms with Crippen molar-refractivity contribution in [3.63, 3.8) is 0 Å². The van der Waals surface area contributed by atoms with Crippen molar-refractivity contribution >= 4 is 12.1 Å². The van der Waals surface area contributed by atoms with Gasteiger partial charge in [0.1, 0.15) is 11.6 Å². The lowest BCUT2D eigenvalue weighted by molar-refractivity contribution is 0.0951. The summed E-state index contributed by atoms with van der Waals surface area (Å²) in [5, 5.41) is 3.85. The molecule has 2 rings (SSSR count). The van der Waals surface area contributed by atoms with E-state index in [9.17, 15) is 9.18 Å². The number of hydrogen-bond acceptors (Lipinski definition) is 3. The number of hydrazone groups is 1. The summed E-state index contributed by atoms with van der Waals surface area (Å²) in [5.41, 5.74) is 3.52. The van der Waals surface area contributed by atoms with Gasteiger partial charge in [0.25, 0.3) is 5.91 Å². The van der Waals surface area contributed by atoms with Gasteiger partial charge in [0, 0.05) is 0 Å². The van der Waals surface area contributed by atoms with Crippen molar-refractivity contribution in [2.75, 3.05) is 6.61 Å². The smallest absolute Gasteiger partial charge is 0.275 e. The van der Waals surface area contributed by atoms with E-state index in [1.54, 1.807) is 36.4 Å². The minimum absolute atomic E-state index is 0.318. The first-order valence-electron chi connectivity index (χ1n) is 6.51. The monoisotopic (exact) mass is 286 g/mol. The highest BCUT2D eigenvalue weighted by Gasteiger charge is 2.10. The largest absolute Gasteiger partial charge is 0.493 e. The molecule has 0 aromatic heterocycles. The predicted octanol–water partition coefficient (Wildman–Crippen LogP) is 2.99. The highest BCUT2D eigenvalue weighted by Crippen LogP contribution is 2.17. The molecule has 4 nitrogen and oxygen atoms in total. The van der Waals surface area contributed by atoms with Crippen LogP contribution >= 0.6 is 0 Å². The fourth-order valence-electron chi connectivity index (χ4n) is 1.71. The lowest BCUT2D eigenvalue weighted by atomic mass is 10.2. The molecule has 5 heteroatoms. The molecule has 0 bridgehead atoms. The Labute approximate surface area is 122 Å². The van der Waals surface area contributed by atoms with E-state index in [0.717, 1.165) is 0 Å². The highest BCUT2D eigenvalue weighted by molar-refractivity contribution is 5.97. The molecule has 0 saturated carbocycles. The number of amides is 1. The van der Waals surface area contributed by atoms with Crippen molar-refractivity contribution in [1.29, 1.82) is 0 Å². The molecular weight excluding hydrogens is 271 g/mol. The Morgan fingerprint density at radius 3 is 2.67 bits per heavy atom. The Morgan fingerprint density at radius 1 is 1.24 bits per heavy atom. The van der Waals surface area contributed by atoms with Crippen molar-refractivity contribution in [2.45, 2.75) is 6.92 Å². The van der Waals surface area contributed by atoms with Crippen LogP contribution in [0.25, 0.3) is 0 Å². The van der Waals surface area contributed by atoms with Crippen molar-refractivity contribution in [1.82, 2.24) is 5.43 Å². The Bertz CT molecular complexity index is 639. The standard InChI is InChI=1S/C16H15FN2O2/c1-2-21-15-6-4-3-5-14(15)16(20)19-18-11-12-7-9-13(17)10-8-12/h3-11H,2H2,1H3,(H,19,20)/b18-11+. The maximum atomic E-state index is 12.7. The molecule has 2 aromatic carbocycles. The van der Waals surface area contributed by atoms with Gasteiger partial charge in [-0.3, -0.25) is 4.79 Å². The number of halogens is 1. The molecular formula is C16H15FN2O2. The van der Waals surface area contributed by atoms with Gasteiger partial charge in [-0.15, -0.1) is 0 Å². The number of nitrogens with one attached hydrogen (secondary N) is 1. The molecule has 0 aliphatic carbocycles. The number of nitrogens with zero attached hydrogens (tertiary/aromatic N) is 1. The van der Waals surface area contributed by atoms with Crippen LogP contribution in [-0.4, -0.2) is 18.7 Å². The topological polar surface area (TPSA) is 50.7 Å². The zero-order valence-corrected chi connectivity index (χ0v) is 11.5. The minimum atomic E-state index is -0.364. The summed E-state index contributed by atoms with van der Waals surface area (Å²) in [6.45, 7) is 2.32. The summed E-state index contributed by atoms with van der Waals surface area (Å²) in [7, 11) is 0. The third-order valence-electron chi connectivity index (χ3n) is 2.68. The average molecular weight is 286 g/mol. The van der Waals surface area contributed by atoms with E-state index in [2.05, 4.69) is 10.5 Å². The van der Waals surface area contributed by atoms with Crippen LogP contribution in [0.5, 0.6) is 5.75 Å². The van der Waals surface area contributed by atoms with E-state index in [1.165, 1.54) is 18.3 Å². The summed E-state index contributed by atoms with van der Waals surface area (Å²) in [6, 6.07) is 12.7. The van der Waals surface area contributed by atoms with Crippen molar-refractivity contribution in [3.8, 4) is 5.75 Å². The number of benzene rings is 2. The quantitative estimate of drug-likeness (QED) is 0.678. The van der Waals surface area contributed by atoms with Crippen molar-refractivity contribution in [3.05, 3.63) is 65.5 Å². The lowest BCUT2D eigenvalue weighted by Crippen LogP contribution is -2.18. The van der Waals surface area contributed by atoms with Crippen LogP contribution in [0.1, 0.15) is 22.8 Å². The summed E-state index contributed by atoms with van der Waals surface area (Å²) in [6.07, 6.45) is 1.45. The Balaban J connectivity index is 2.03. The van der Waals surface area contributed by atoms with Crippen molar-refractivity contribution < 1.29 is 13.9 Å². The maximum Gasteiger partial charge on any atom is 0.275 e. The van der Waals surface area contributed by atoms with Crippen LogP contribution in [0.15, 0.2) is 53.6 Å². The van der Waals surface area contributed by atoms with Gasteiger partial charge < -0.3 is 4.74 Å². The van der Waals surface area contributed by atoms with E-state index >= 15 is 0 Å². The Hall–Kier alpha value is -2.69. The first-order chi connectivity index (χ1) is 10.2. The average Bonchev–Trinajstić information content (AvgIpc) is 2.50. The van der Waals surface area contributed by atoms with Gasteiger partial charge in [0.15, 0.2) is 0 Å². The van der Waals surface area contributed by atoms with Crippen LogP contribution in [0.4, 0.5) is 4.39 Å². The zero-order chi connectivity index (χ0) is 15.1. The predicted molar refractivity (Wildman–Crippen MR) is 79.1 cm³/mol. The van der Waals surface area contributed by atoms with Gasteiger partial charge in [-0.2, -0.15) is 5.10 Å². The molecule has 0 aliphatic heterocycles. The van der Waals surface area contributed by atoms with E-state index in [-0.39, 0.29) is 11.7 Å². The molecule has 0 atom stereocenters. The van der Waals surface area contributed by atoms with Gasteiger partial charge in [-0.25, -0.2) is 9.82 Å². The molecule has 1 amide bonds. The Morgan fingerprint density at radius 2 is 1.95 bits per heavy atom. The zero-order valence-electron chi connectivity index (χ0n) is 11.5. The number of hydrogen-bond donors (Lipinski definition) is 1. The van der Waals surface area contributed by atoms with Crippen LogP contribution in [0, 0.1) is 5.82 Å². The molecule has 0 fully saturated rings. The number of rotatable bonds is 5. The van der Waals surface area contributed by atoms with Crippen LogP contribution in [-0.2, 0) is 0 Å². The van der Waals surface area contributed by atoms with E-state index < -0.39 is 0 Å². The van der Waals surface area contributed by atoms with Gasteiger partial charge in [-0.05, 0) is 36.8 Å². The van der Waals surface area contributed by atoms with Gasteiger partial charge in [0.05, 0.1) is 18.4 Å². The number of carbonyl (C=O) groups excluding carboxylic acids is 1. The number of para-hydroxylation sites is 1. The lowest BCUT2D eigenvalue weighted by Gasteiger charge is -2.08. The SMILES string of the molecule is CCOc1ccccc1C(=O)N/N=C/c1ccc(F)cc1. The van der Waals surface area contributed by atoms with Gasteiger partial charge in [0.2, 0.25) is 0 Å². The third-order valence-corrected chi connectivity index (χ3v) is 2.68. The summed E-state index contributed by atoms with van der Waals surface area (Å²) in [4.78, 5) is 12.0. The van der Waals surface area contributed by atoms with Crippen LogP contribution in [0.2, 0.25) is 0 Å². The molecule has 0 unspecified atom stereocenters. The second-order valence-electron chi connectivity index (χ2n) is 4.18. The van der Waals surface area contributed by atoms with Gasteiger partial charge in [-0.1, -0.05) is 24.3 Å². The number of carbonyl (C=O) groups is 1. The molecule has 21 heavy (non-hydrogen) atoms. The molecule has 2 aromatic rings. The second kappa shape index (κ2) is 7.19. The Kier molecular flexibility index (Phi) is 5.04. The summed E-state index contributed by atoms with van der Waals surface area (Å²) in [5.74, 6) is -0.172. The molecule has 0 aliphatic rings. The molecule has 0 radical (unpaired) electrons.